The number of tetrazole rings is 1. The van der Waals surface area contributed by atoms with Gasteiger partial charge in [0.15, 0.2) is 11.4 Å². The van der Waals surface area contributed by atoms with E-state index in [4.69, 9.17) is 4.98 Å². The normalized spacial score (nSPS) is 18.3. The Morgan fingerprint density at radius 1 is 1.04 bits per heavy atom. The number of aryl methyl sites for hydroxylation is 1. The average Bonchev–Trinajstić information content (AvgIpc) is 3.72. The van der Waals surface area contributed by atoms with Crippen LogP contribution < -0.4 is 9.80 Å². The van der Waals surface area contributed by atoms with Gasteiger partial charge in [-0.05, 0) is 71.0 Å². The molecular weight excluding hydrogens is 633 g/mol. The summed E-state index contributed by atoms with van der Waals surface area (Å²) < 4.78 is 49.1. The highest BCUT2D eigenvalue weighted by atomic mass is 19.3. The van der Waals surface area contributed by atoms with Crippen LogP contribution in [0.2, 0.25) is 0 Å². The number of rotatable bonds is 7. The number of aromatic nitrogens is 7. The van der Waals surface area contributed by atoms with Crippen LogP contribution in [0.25, 0.3) is 27.7 Å². The summed E-state index contributed by atoms with van der Waals surface area (Å²) in [6.07, 6.45) is 3.33. The van der Waals surface area contributed by atoms with Crippen LogP contribution in [0.15, 0.2) is 90.9 Å². The molecule has 0 saturated carbocycles. The van der Waals surface area contributed by atoms with Crippen molar-refractivity contribution < 1.29 is 18.3 Å². The summed E-state index contributed by atoms with van der Waals surface area (Å²) in [5, 5.41) is 31.9. The Balaban J connectivity index is 1.06. The maximum Gasteiger partial charge on any atom is 0.323 e. The molecule has 0 amide bonds. The topological polar surface area (TPSA) is 125 Å². The van der Waals surface area contributed by atoms with Crippen molar-refractivity contribution in [3.8, 4) is 17.2 Å². The lowest BCUT2D eigenvalue weighted by Crippen LogP contribution is -2.53. The SMILES string of the molecule is C=C(F)/C=C\C1=C(C)c2nnnn2C[C@@]1(O)C(F)(F)c1ccc(-c2ccc(N3CCN(c4nc5cc(C#N)ccc5n4C)CC3)cc2)cn1. The van der Waals surface area contributed by atoms with Gasteiger partial charge in [-0.15, -0.1) is 5.10 Å². The fourth-order valence-corrected chi connectivity index (χ4v) is 6.55. The number of alkyl halides is 2. The third-order valence-electron chi connectivity index (χ3n) is 9.25. The second-order valence-electron chi connectivity index (χ2n) is 12.2. The molecular formula is C35H31F3N10O. The Bertz CT molecular complexity index is 2170. The molecule has 2 aromatic carbocycles. The fraction of sp³-hybridized carbons (Fsp3) is 0.257. The zero-order valence-corrected chi connectivity index (χ0v) is 26.7. The van der Waals surface area contributed by atoms with Gasteiger partial charge in [0.05, 0.1) is 29.2 Å². The van der Waals surface area contributed by atoms with Gasteiger partial charge in [0, 0.05) is 56.2 Å². The first-order valence-corrected chi connectivity index (χ1v) is 15.5. The van der Waals surface area contributed by atoms with Crippen molar-refractivity contribution in [2.75, 3.05) is 36.0 Å². The maximum atomic E-state index is 16.2. The van der Waals surface area contributed by atoms with Crippen molar-refractivity contribution >= 4 is 28.2 Å². The van der Waals surface area contributed by atoms with E-state index in [1.165, 1.54) is 25.3 Å². The van der Waals surface area contributed by atoms with Crippen LogP contribution >= 0.6 is 0 Å². The minimum Gasteiger partial charge on any atom is -0.377 e. The van der Waals surface area contributed by atoms with Crippen molar-refractivity contribution in [3.05, 3.63) is 108 Å². The van der Waals surface area contributed by atoms with E-state index in [1.54, 1.807) is 12.1 Å². The lowest BCUT2D eigenvalue weighted by Gasteiger charge is -2.39. The van der Waals surface area contributed by atoms with Gasteiger partial charge in [0.25, 0.3) is 0 Å². The van der Waals surface area contributed by atoms with Crippen LogP contribution in [0.3, 0.4) is 0 Å². The van der Waals surface area contributed by atoms with Crippen molar-refractivity contribution in [2.45, 2.75) is 25.0 Å². The molecule has 11 nitrogen and oxygen atoms in total. The van der Waals surface area contributed by atoms with Crippen molar-refractivity contribution in [2.24, 2.45) is 7.05 Å². The fourth-order valence-electron chi connectivity index (χ4n) is 6.55. The molecule has 1 atom stereocenters. The van der Waals surface area contributed by atoms with Gasteiger partial charge in [-0.25, -0.2) is 14.1 Å². The van der Waals surface area contributed by atoms with Gasteiger partial charge < -0.3 is 19.5 Å². The Hall–Kier alpha value is -5.81. The summed E-state index contributed by atoms with van der Waals surface area (Å²) in [4.78, 5) is 13.4. The Morgan fingerprint density at radius 2 is 1.76 bits per heavy atom. The second kappa shape index (κ2) is 12.0. The van der Waals surface area contributed by atoms with E-state index in [9.17, 15) is 14.8 Å². The molecule has 248 valence electrons. The molecule has 0 bridgehead atoms. The molecule has 14 heteroatoms. The molecule has 5 heterocycles. The smallest absolute Gasteiger partial charge is 0.323 e. The average molecular weight is 665 g/mol. The van der Waals surface area contributed by atoms with E-state index < -0.39 is 29.6 Å². The quantitative estimate of drug-likeness (QED) is 0.235. The largest absolute Gasteiger partial charge is 0.377 e. The number of halogens is 3. The molecule has 7 rings (SSSR count). The van der Waals surface area contributed by atoms with Gasteiger partial charge in [0.2, 0.25) is 5.95 Å². The van der Waals surface area contributed by atoms with E-state index in [2.05, 4.69) is 43.0 Å². The molecule has 1 saturated heterocycles. The van der Waals surface area contributed by atoms with Gasteiger partial charge in [-0.3, -0.25) is 4.98 Å². The molecule has 1 N–H and O–H groups in total. The number of anilines is 2. The summed E-state index contributed by atoms with van der Waals surface area (Å²) >= 11 is 0. The summed E-state index contributed by atoms with van der Waals surface area (Å²) in [6.45, 7) is 7.04. The molecule has 3 aromatic heterocycles. The first-order valence-electron chi connectivity index (χ1n) is 15.5. The highest BCUT2D eigenvalue weighted by Crippen LogP contribution is 2.48. The summed E-state index contributed by atoms with van der Waals surface area (Å²) in [5.41, 5.74) is 1.25. The number of hydrogen-bond acceptors (Lipinski definition) is 9. The number of nitrogens with zero attached hydrogens (tertiary/aromatic N) is 10. The second-order valence-corrected chi connectivity index (χ2v) is 12.2. The predicted octanol–water partition coefficient (Wildman–Crippen LogP) is 5.17. The Kier molecular flexibility index (Phi) is 7.79. The van der Waals surface area contributed by atoms with Gasteiger partial charge >= 0.3 is 5.92 Å². The number of allylic oxidation sites excluding steroid dienone is 3. The van der Waals surface area contributed by atoms with Crippen molar-refractivity contribution in [3.63, 3.8) is 0 Å². The summed E-state index contributed by atoms with van der Waals surface area (Å²) in [6, 6.07) is 18.2. The van der Waals surface area contributed by atoms with Crippen LogP contribution in [0.4, 0.5) is 24.8 Å². The number of nitriles is 1. The zero-order chi connectivity index (χ0) is 34.5. The van der Waals surface area contributed by atoms with Gasteiger partial charge in [0.1, 0.15) is 11.5 Å². The van der Waals surface area contributed by atoms with Crippen LogP contribution in [0.1, 0.15) is 24.0 Å². The Labute approximate surface area is 279 Å². The molecule has 49 heavy (non-hydrogen) atoms. The first kappa shape index (κ1) is 31.8. The van der Waals surface area contributed by atoms with Crippen LogP contribution in [0, 0.1) is 11.3 Å². The number of imidazole rings is 1. The number of fused-ring (bicyclic) bond motifs is 2. The van der Waals surface area contributed by atoms with Crippen LogP contribution in [0.5, 0.6) is 0 Å². The number of hydrogen-bond donors (Lipinski definition) is 1. The number of piperazine rings is 1. The maximum absolute atomic E-state index is 16.2. The van der Waals surface area contributed by atoms with E-state index in [-0.39, 0.29) is 17.0 Å². The molecule has 2 aliphatic rings. The van der Waals surface area contributed by atoms with Gasteiger partial charge in [-0.2, -0.15) is 14.0 Å². The Morgan fingerprint density at radius 3 is 2.43 bits per heavy atom. The zero-order valence-electron chi connectivity index (χ0n) is 26.7. The van der Waals surface area contributed by atoms with Crippen molar-refractivity contribution in [1.29, 1.82) is 5.26 Å². The highest BCUT2D eigenvalue weighted by molar-refractivity contribution is 5.80. The summed E-state index contributed by atoms with van der Waals surface area (Å²) in [5.74, 6) is -3.71. The third kappa shape index (κ3) is 5.41. The molecule has 0 unspecified atom stereocenters. The number of benzene rings is 2. The molecule has 0 spiro atoms. The number of aliphatic hydroxyl groups is 1. The van der Waals surface area contributed by atoms with E-state index >= 15 is 8.78 Å². The minimum absolute atomic E-state index is 0.175. The molecule has 2 aliphatic heterocycles. The first-order chi connectivity index (χ1) is 23.5. The van der Waals surface area contributed by atoms with E-state index in [0.29, 0.717) is 11.1 Å². The predicted molar refractivity (Wildman–Crippen MR) is 178 cm³/mol. The third-order valence-corrected chi connectivity index (χ3v) is 9.25. The van der Waals surface area contributed by atoms with Crippen LogP contribution in [-0.2, 0) is 19.5 Å². The lowest BCUT2D eigenvalue weighted by atomic mass is 9.80. The highest BCUT2D eigenvalue weighted by Gasteiger charge is 2.59. The van der Waals surface area contributed by atoms with Gasteiger partial charge in [-0.1, -0.05) is 30.9 Å². The minimum atomic E-state index is -3.90. The standard InChI is InChI=1S/C35H31F3N10O/c1-22(36)4-11-28-23(2)32-42-43-44-48(32)21-34(28,49)35(37,38)31-13-8-26(20-40-31)25-6-9-27(10-7-25)46-14-16-47(17-15-46)33-41-29-18-24(19-39)5-12-30(29)45(33)3/h4-13,18,20,49H,1,14-17,21H2,2-3H3/b11-4-/t34-/m0/s1. The molecule has 5 aromatic rings. The molecule has 0 radical (unpaired) electrons. The summed E-state index contributed by atoms with van der Waals surface area (Å²) in [7, 11) is 1.98. The molecule has 0 aliphatic carbocycles. The van der Waals surface area contributed by atoms with Crippen molar-refractivity contribution in [1.82, 2.24) is 34.7 Å². The van der Waals surface area contributed by atoms with Crippen LogP contribution in [-0.4, -0.2) is 71.6 Å². The lowest BCUT2D eigenvalue weighted by molar-refractivity contribution is -0.177. The van der Waals surface area contributed by atoms with E-state index in [1.807, 2.05) is 41.9 Å². The monoisotopic (exact) mass is 664 g/mol. The molecule has 1 fully saturated rings. The number of pyridine rings is 1. The van der Waals surface area contributed by atoms with E-state index in [0.717, 1.165) is 71.2 Å².